The third-order valence-corrected chi connectivity index (χ3v) is 10.7. The minimum atomic E-state index is -0.611. The number of likely N-dealkylation sites (tertiary alicyclic amines) is 1. The van der Waals surface area contributed by atoms with Crippen molar-refractivity contribution in [3.05, 3.63) is 76.9 Å². The van der Waals surface area contributed by atoms with Gasteiger partial charge in [0.1, 0.15) is 6.04 Å². The number of carbonyl (C=O) groups is 3. The van der Waals surface area contributed by atoms with E-state index < -0.39 is 6.04 Å². The number of fused-ring (bicyclic) bond motifs is 1. The molecule has 0 spiro atoms. The Morgan fingerprint density at radius 3 is 2.26 bits per heavy atom. The van der Waals surface area contributed by atoms with Gasteiger partial charge in [0.05, 0.1) is 17.8 Å². The van der Waals surface area contributed by atoms with Crippen LogP contribution in [0.15, 0.2) is 48.8 Å². The largest absolute Gasteiger partial charge is 0.371 e. The number of aromatic nitrogens is 3. The standard InChI is InChI=1S/C36H42N8O3/c45-33-10-9-32(34(46)41-33)44-22-31-29(35(44)47)7-8-30(40-31)25-11-15-42(16-12-25)21-23-1-5-28(6-2-23)43-17-13-27(14-18-43)39-36-37-19-26(20-38-36)24-3-4-24/h1-2,5-8,19-20,24-25,27,32H,3-4,9-18,21-22H2,(H,37,38,39)(H,41,45,46). The Balaban J connectivity index is 0.797. The molecule has 11 heteroatoms. The van der Waals surface area contributed by atoms with Crippen LogP contribution in [0.3, 0.4) is 0 Å². The van der Waals surface area contributed by atoms with E-state index in [1.165, 1.54) is 29.7 Å². The Bertz CT molecular complexity index is 1640. The highest BCUT2D eigenvalue weighted by Crippen LogP contribution is 2.39. The van der Waals surface area contributed by atoms with Crippen LogP contribution < -0.4 is 15.5 Å². The summed E-state index contributed by atoms with van der Waals surface area (Å²) in [5.74, 6) is 0.947. The molecule has 6 heterocycles. The topological polar surface area (TPSA) is 124 Å². The van der Waals surface area contributed by atoms with Crippen LogP contribution >= 0.6 is 0 Å². The lowest BCUT2D eigenvalue weighted by Crippen LogP contribution is -2.52. The number of nitrogens with zero attached hydrogens (tertiary/aromatic N) is 6. The molecule has 3 saturated heterocycles. The molecule has 47 heavy (non-hydrogen) atoms. The van der Waals surface area contributed by atoms with Gasteiger partial charge in [-0.05, 0) is 99.3 Å². The molecular weight excluding hydrogens is 592 g/mol. The average molecular weight is 635 g/mol. The van der Waals surface area contributed by atoms with E-state index in [-0.39, 0.29) is 24.1 Å². The first-order chi connectivity index (χ1) is 23.0. The van der Waals surface area contributed by atoms with Gasteiger partial charge in [-0.2, -0.15) is 0 Å². The number of anilines is 2. The zero-order valence-electron chi connectivity index (χ0n) is 26.7. The fraction of sp³-hybridized carbons (Fsp3) is 0.500. The third-order valence-electron chi connectivity index (χ3n) is 10.7. The van der Waals surface area contributed by atoms with Gasteiger partial charge >= 0.3 is 0 Å². The van der Waals surface area contributed by atoms with Gasteiger partial charge in [-0.25, -0.2) is 9.97 Å². The highest BCUT2D eigenvalue weighted by molar-refractivity contribution is 6.05. The summed E-state index contributed by atoms with van der Waals surface area (Å²) in [7, 11) is 0. The van der Waals surface area contributed by atoms with Crippen LogP contribution in [0, 0.1) is 0 Å². The number of benzene rings is 1. The molecule has 1 atom stereocenters. The van der Waals surface area contributed by atoms with Crippen molar-refractivity contribution < 1.29 is 14.4 Å². The first-order valence-corrected chi connectivity index (χ1v) is 17.3. The number of nitrogens with one attached hydrogen (secondary N) is 2. The maximum absolute atomic E-state index is 13.0. The first kappa shape index (κ1) is 30.0. The summed E-state index contributed by atoms with van der Waals surface area (Å²) < 4.78 is 0. The predicted molar refractivity (Wildman–Crippen MR) is 177 cm³/mol. The van der Waals surface area contributed by atoms with Gasteiger partial charge in [-0.3, -0.25) is 29.6 Å². The number of rotatable bonds is 8. The van der Waals surface area contributed by atoms with Crippen LogP contribution in [0.25, 0.3) is 0 Å². The van der Waals surface area contributed by atoms with Crippen molar-refractivity contribution in [1.82, 2.24) is 30.1 Å². The molecule has 1 unspecified atom stereocenters. The molecule has 8 rings (SSSR count). The Morgan fingerprint density at radius 2 is 1.55 bits per heavy atom. The second-order valence-electron chi connectivity index (χ2n) is 13.9. The summed E-state index contributed by atoms with van der Waals surface area (Å²) in [5.41, 5.74) is 6.24. The van der Waals surface area contributed by atoms with Crippen LogP contribution in [0.4, 0.5) is 11.6 Å². The molecule has 3 amide bonds. The SMILES string of the molecule is O=C1CCC(N2Cc3nc(C4CCN(Cc5ccc(N6CCC(Nc7ncc(C8CC8)cn7)CC6)cc5)CC4)ccc3C2=O)C(=O)N1. The lowest BCUT2D eigenvalue weighted by Gasteiger charge is -2.34. The Hall–Kier alpha value is -4.38. The highest BCUT2D eigenvalue weighted by Gasteiger charge is 2.40. The van der Waals surface area contributed by atoms with E-state index in [1.54, 1.807) is 4.90 Å². The summed E-state index contributed by atoms with van der Waals surface area (Å²) in [6, 6.07) is 12.7. The van der Waals surface area contributed by atoms with Gasteiger partial charge in [-0.15, -0.1) is 0 Å². The number of carbonyl (C=O) groups excluding carboxylic acids is 3. The van der Waals surface area contributed by atoms with Gasteiger partial charge in [0, 0.05) is 61.8 Å². The molecule has 2 aromatic heterocycles. The van der Waals surface area contributed by atoms with E-state index in [0.29, 0.717) is 36.4 Å². The van der Waals surface area contributed by atoms with Crippen molar-refractivity contribution >= 4 is 29.4 Å². The Morgan fingerprint density at radius 1 is 0.809 bits per heavy atom. The lowest BCUT2D eigenvalue weighted by atomic mass is 9.92. The lowest BCUT2D eigenvalue weighted by molar-refractivity contribution is -0.136. The molecule has 1 aliphatic carbocycles. The molecule has 5 aliphatic rings. The molecule has 1 saturated carbocycles. The average Bonchev–Trinajstić information content (AvgIpc) is 3.90. The second-order valence-corrected chi connectivity index (χ2v) is 13.9. The number of amides is 3. The zero-order valence-corrected chi connectivity index (χ0v) is 26.7. The molecule has 11 nitrogen and oxygen atoms in total. The second kappa shape index (κ2) is 12.7. The molecule has 2 N–H and O–H groups in total. The van der Waals surface area contributed by atoms with E-state index in [1.807, 2.05) is 24.5 Å². The number of piperidine rings is 3. The summed E-state index contributed by atoms with van der Waals surface area (Å²) >= 11 is 0. The smallest absolute Gasteiger partial charge is 0.256 e. The molecule has 3 aromatic rings. The number of hydrogen-bond acceptors (Lipinski definition) is 9. The summed E-state index contributed by atoms with van der Waals surface area (Å²) in [4.78, 5) is 57.6. The van der Waals surface area contributed by atoms with Crippen molar-refractivity contribution in [3.8, 4) is 0 Å². The van der Waals surface area contributed by atoms with E-state index in [4.69, 9.17) is 4.98 Å². The maximum atomic E-state index is 13.0. The minimum absolute atomic E-state index is 0.170. The normalized spacial score (nSPS) is 22.8. The highest BCUT2D eigenvalue weighted by atomic mass is 16.2. The van der Waals surface area contributed by atoms with Crippen molar-refractivity contribution in [2.24, 2.45) is 0 Å². The van der Waals surface area contributed by atoms with Crippen LogP contribution in [-0.2, 0) is 22.7 Å². The fourth-order valence-electron chi connectivity index (χ4n) is 7.64. The van der Waals surface area contributed by atoms with Crippen LogP contribution in [0.5, 0.6) is 0 Å². The van der Waals surface area contributed by atoms with Gasteiger partial charge in [0.15, 0.2) is 0 Å². The number of imide groups is 1. The zero-order chi connectivity index (χ0) is 31.9. The van der Waals surface area contributed by atoms with Crippen LogP contribution in [0.1, 0.15) is 96.1 Å². The monoisotopic (exact) mass is 634 g/mol. The molecular formula is C36H42N8O3. The van der Waals surface area contributed by atoms with E-state index in [0.717, 1.165) is 75.7 Å². The molecule has 244 valence electrons. The third kappa shape index (κ3) is 6.45. The van der Waals surface area contributed by atoms with E-state index in [2.05, 4.69) is 54.7 Å². The van der Waals surface area contributed by atoms with E-state index >= 15 is 0 Å². The summed E-state index contributed by atoms with van der Waals surface area (Å²) in [5, 5.41) is 5.90. The fourth-order valence-corrected chi connectivity index (χ4v) is 7.64. The number of hydrogen-bond donors (Lipinski definition) is 2. The number of pyridine rings is 1. The molecule has 4 fully saturated rings. The predicted octanol–water partition coefficient (Wildman–Crippen LogP) is 3.97. The molecule has 0 bridgehead atoms. The molecule has 4 aliphatic heterocycles. The van der Waals surface area contributed by atoms with Gasteiger partial charge in [-0.1, -0.05) is 12.1 Å². The van der Waals surface area contributed by atoms with Gasteiger partial charge in [0.2, 0.25) is 17.8 Å². The van der Waals surface area contributed by atoms with Gasteiger partial charge in [0.25, 0.3) is 5.91 Å². The maximum Gasteiger partial charge on any atom is 0.256 e. The minimum Gasteiger partial charge on any atom is -0.371 e. The van der Waals surface area contributed by atoms with Crippen molar-refractivity contribution in [3.63, 3.8) is 0 Å². The van der Waals surface area contributed by atoms with Crippen LogP contribution in [0.2, 0.25) is 0 Å². The molecule has 0 radical (unpaired) electrons. The van der Waals surface area contributed by atoms with Gasteiger partial charge < -0.3 is 15.1 Å². The first-order valence-electron chi connectivity index (χ1n) is 17.3. The summed E-state index contributed by atoms with van der Waals surface area (Å²) in [6.45, 7) is 5.29. The van der Waals surface area contributed by atoms with Crippen molar-refractivity contribution in [1.29, 1.82) is 0 Å². The van der Waals surface area contributed by atoms with Crippen LogP contribution in [-0.4, -0.2) is 80.7 Å². The Labute approximate surface area is 275 Å². The van der Waals surface area contributed by atoms with Crippen molar-refractivity contribution in [2.45, 2.75) is 88.4 Å². The summed E-state index contributed by atoms with van der Waals surface area (Å²) in [6.07, 6.45) is 11.3. The Kier molecular flexibility index (Phi) is 8.08. The quantitative estimate of drug-likeness (QED) is 0.355. The van der Waals surface area contributed by atoms with E-state index in [9.17, 15) is 14.4 Å². The molecule has 1 aromatic carbocycles. The van der Waals surface area contributed by atoms with Crippen molar-refractivity contribution in [2.75, 3.05) is 36.4 Å².